The fourth-order valence-corrected chi connectivity index (χ4v) is 4.84. The van der Waals surface area contributed by atoms with Gasteiger partial charge in [0.25, 0.3) is 10.0 Å². The molecule has 0 fully saturated rings. The number of nitrogens with zero attached hydrogens (tertiary/aromatic N) is 3. The van der Waals surface area contributed by atoms with E-state index < -0.39 is 10.0 Å². The van der Waals surface area contributed by atoms with Crippen molar-refractivity contribution in [2.24, 2.45) is 9.50 Å². The summed E-state index contributed by atoms with van der Waals surface area (Å²) in [6.07, 6.45) is 0. The number of sulfonamides is 1. The Morgan fingerprint density at radius 3 is 2.12 bits per heavy atom. The molecule has 0 aliphatic carbocycles. The Balaban J connectivity index is 1.78. The first-order valence-electron chi connectivity index (χ1n) is 10.1. The van der Waals surface area contributed by atoms with Crippen molar-refractivity contribution in [2.45, 2.75) is 17.7 Å². The first kappa shape index (κ1) is 23.2. The van der Waals surface area contributed by atoms with E-state index in [2.05, 4.69) is 4.40 Å². The monoisotopic (exact) mass is 498 g/mol. The molecular formula is C24H20Cl2N4O2S. The van der Waals surface area contributed by atoms with Crippen LogP contribution in [-0.2, 0) is 10.0 Å². The fraction of sp³-hybridized carbons (Fsp3) is 0.125. The number of benzene rings is 3. The highest BCUT2D eigenvalue weighted by molar-refractivity contribution is 7.90. The average molecular weight is 499 g/mol. The third kappa shape index (κ3) is 5.16. The Morgan fingerprint density at radius 1 is 0.970 bits per heavy atom. The van der Waals surface area contributed by atoms with Crippen LogP contribution in [0.4, 0.5) is 0 Å². The van der Waals surface area contributed by atoms with Gasteiger partial charge in [-0.15, -0.1) is 4.40 Å². The molecule has 1 heterocycles. The number of rotatable bonds is 5. The van der Waals surface area contributed by atoms with Crippen molar-refractivity contribution >= 4 is 50.5 Å². The van der Waals surface area contributed by atoms with Gasteiger partial charge >= 0.3 is 0 Å². The average Bonchev–Trinajstić information content (AvgIpc) is 3.24. The minimum Gasteiger partial charge on any atom is -0.302 e. The molecule has 0 aromatic heterocycles. The van der Waals surface area contributed by atoms with E-state index in [9.17, 15) is 8.42 Å². The summed E-state index contributed by atoms with van der Waals surface area (Å²) >= 11 is 11.9. The maximum atomic E-state index is 12.9. The van der Waals surface area contributed by atoms with Gasteiger partial charge in [0.15, 0.2) is 5.84 Å². The van der Waals surface area contributed by atoms with E-state index in [0.717, 1.165) is 16.8 Å². The highest BCUT2D eigenvalue weighted by atomic mass is 35.5. The van der Waals surface area contributed by atoms with Gasteiger partial charge in [-0.25, -0.2) is 5.01 Å². The lowest BCUT2D eigenvalue weighted by Crippen LogP contribution is -2.31. The number of amidine groups is 1. The lowest BCUT2D eigenvalue weighted by atomic mass is 9.90. The molecule has 1 aliphatic rings. The Hall–Kier alpha value is -3.00. The molecule has 0 spiro atoms. The second-order valence-electron chi connectivity index (χ2n) is 7.51. The molecule has 168 valence electrons. The van der Waals surface area contributed by atoms with Gasteiger partial charge in [-0.3, -0.25) is 0 Å². The molecule has 33 heavy (non-hydrogen) atoms. The molecular weight excluding hydrogens is 479 g/mol. The van der Waals surface area contributed by atoms with E-state index >= 15 is 0 Å². The number of hydrazone groups is 1. The molecule has 0 unspecified atom stereocenters. The second kappa shape index (κ2) is 9.47. The number of nitrogens with one attached hydrogen (secondary N) is 1. The summed E-state index contributed by atoms with van der Waals surface area (Å²) in [5.41, 5.74) is 2.62. The molecule has 0 saturated heterocycles. The van der Waals surface area contributed by atoms with E-state index in [1.54, 1.807) is 12.1 Å². The summed E-state index contributed by atoms with van der Waals surface area (Å²) < 4.78 is 29.9. The zero-order chi connectivity index (χ0) is 23.6. The Morgan fingerprint density at radius 2 is 1.55 bits per heavy atom. The van der Waals surface area contributed by atoms with E-state index in [-0.39, 0.29) is 22.4 Å². The normalized spacial score (nSPS) is 16.6. The van der Waals surface area contributed by atoms with Crippen LogP contribution >= 0.6 is 23.2 Å². The Labute approximate surface area is 202 Å². The minimum atomic E-state index is -4.07. The number of halogens is 2. The summed E-state index contributed by atoms with van der Waals surface area (Å²) in [7, 11) is -4.07. The molecule has 3 aromatic rings. The van der Waals surface area contributed by atoms with Crippen molar-refractivity contribution in [3.63, 3.8) is 0 Å². The second-order valence-corrected chi connectivity index (χ2v) is 9.98. The first-order chi connectivity index (χ1) is 15.7. The van der Waals surface area contributed by atoms with Crippen molar-refractivity contribution in [1.82, 2.24) is 5.01 Å². The van der Waals surface area contributed by atoms with Crippen LogP contribution in [0, 0.1) is 5.41 Å². The minimum absolute atomic E-state index is 0.00800. The van der Waals surface area contributed by atoms with Crippen LogP contribution in [0.1, 0.15) is 24.0 Å². The molecule has 1 N–H and O–H groups in total. The lowest BCUT2D eigenvalue weighted by Gasteiger charge is -2.18. The predicted molar refractivity (Wildman–Crippen MR) is 133 cm³/mol. The van der Waals surface area contributed by atoms with Crippen molar-refractivity contribution in [2.75, 3.05) is 6.54 Å². The van der Waals surface area contributed by atoms with Crippen molar-refractivity contribution < 1.29 is 8.42 Å². The van der Waals surface area contributed by atoms with E-state index in [4.69, 9.17) is 33.7 Å². The largest absolute Gasteiger partial charge is 0.302 e. The molecule has 1 atom stereocenters. The summed E-state index contributed by atoms with van der Waals surface area (Å²) in [6.45, 7) is 1.83. The molecule has 9 heteroatoms. The Kier molecular flexibility index (Phi) is 6.65. The standard InChI is InChI=1S/C24H20Cl2N4O2S/c1-16(27)24(29-33(31,32)21-13-11-20(26)12-14-21)30-15-22(17-5-3-2-4-6-17)23(28-30)18-7-9-19(25)10-8-18/h2-14,22,27H,15H2,1H3/b27-16?,29-24+/t22-/m0/s1. The van der Waals surface area contributed by atoms with Crippen LogP contribution in [-0.4, -0.2) is 37.2 Å². The lowest BCUT2D eigenvalue weighted by molar-refractivity contribution is 0.480. The van der Waals surface area contributed by atoms with E-state index in [1.807, 2.05) is 42.5 Å². The molecule has 0 amide bonds. The molecule has 0 radical (unpaired) electrons. The van der Waals surface area contributed by atoms with Crippen LogP contribution in [0.5, 0.6) is 0 Å². The molecule has 1 aliphatic heterocycles. The summed E-state index contributed by atoms with van der Waals surface area (Å²) in [6, 6.07) is 22.9. The maximum absolute atomic E-state index is 12.9. The smallest absolute Gasteiger partial charge is 0.284 e. The van der Waals surface area contributed by atoms with Crippen molar-refractivity contribution in [1.29, 1.82) is 5.41 Å². The van der Waals surface area contributed by atoms with Gasteiger partial charge in [-0.1, -0.05) is 65.7 Å². The predicted octanol–water partition coefficient (Wildman–Crippen LogP) is 5.62. The summed E-state index contributed by atoms with van der Waals surface area (Å²) in [4.78, 5) is -0.00800. The fourth-order valence-electron chi connectivity index (χ4n) is 3.54. The van der Waals surface area contributed by atoms with Gasteiger partial charge < -0.3 is 5.41 Å². The van der Waals surface area contributed by atoms with Crippen molar-refractivity contribution in [3.8, 4) is 0 Å². The highest BCUT2D eigenvalue weighted by Crippen LogP contribution is 2.30. The van der Waals surface area contributed by atoms with Crippen LogP contribution in [0.2, 0.25) is 10.0 Å². The van der Waals surface area contributed by atoms with Crippen LogP contribution in [0.3, 0.4) is 0 Å². The van der Waals surface area contributed by atoms with Crippen molar-refractivity contribution in [3.05, 3.63) is 100 Å². The highest BCUT2D eigenvalue weighted by Gasteiger charge is 2.33. The van der Waals surface area contributed by atoms with Gasteiger partial charge in [-0.2, -0.15) is 13.5 Å². The van der Waals surface area contributed by atoms with Gasteiger partial charge in [0, 0.05) is 16.0 Å². The topological polar surface area (TPSA) is 85.9 Å². The third-order valence-corrected chi connectivity index (χ3v) is 6.94. The molecule has 6 nitrogen and oxygen atoms in total. The van der Waals surface area contributed by atoms with Crippen LogP contribution in [0.15, 0.2) is 93.3 Å². The van der Waals surface area contributed by atoms with Gasteiger partial charge in [0.1, 0.15) is 0 Å². The molecule has 3 aromatic carbocycles. The molecule has 0 bridgehead atoms. The van der Waals surface area contributed by atoms with Crippen LogP contribution in [0.25, 0.3) is 0 Å². The van der Waals surface area contributed by atoms with Crippen LogP contribution < -0.4 is 0 Å². The quantitative estimate of drug-likeness (QED) is 0.365. The van der Waals surface area contributed by atoms with Gasteiger partial charge in [0.05, 0.1) is 22.9 Å². The third-order valence-electron chi connectivity index (χ3n) is 5.15. The van der Waals surface area contributed by atoms with Gasteiger partial charge in [0.2, 0.25) is 0 Å². The zero-order valence-electron chi connectivity index (χ0n) is 17.6. The molecule has 0 saturated carbocycles. The summed E-state index contributed by atoms with van der Waals surface area (Å²) in [5.74, 6) is -0.176. The first-order valence-corrected chi connectivity index (χ1v) is 12.3. The SMILES string of the molecule is CC(=N)/C(=N\S(=O)(=O)c1ccc(Cl)cc1)N1C[C@@H](c2ccccc2)C(c2ccc(Cl)cc2)=N1. The maximum Gasteiger partial charge on any atom is 0.284 e. The number of hydrogen-bond acceptors (Lipinski definition) is 4. The zero-order valence-corrected chi connectivity index (χ0v) is 19.9. The number of hydrogen-bond donors (Lipinski definition) is 1. The Bertz CT molecular complexity index is 1340. The molecule has 4 rings (SSSR count). The van der Waals surface area contributed by atoms with E-state index in [0.29, 0.717) is 16.6 Å². The summed E-state index contributed by atoms with van der Waals surface area (Å²) in [5, 5.41) is 15.4. The van der Waals surface area contributed by atoms with E-state index in [1.165, 1.54) is 36.2 Å². The van der Waals surface area contributed by atoms with Gasteiger partial charge in [-0.05, 0) is 54.4 Å².